The van der Waals surface area contributed by atoms with E-state index in [0.29, 0.717) is 5.56 Å². The van der Waals surface area contributed by atoms with Gasteiger partial charge in [0.2, 0.25) is 0 Å². The lowest BCUT2D eigenvalue weighted by Gasteiger charge is -2.07. The minimum atomic E-state index is -0.877. The summed E-state index contributed by atoms with van der Waals surface area (Å²) in [4.78, 5) is 12.2. The van der Waals surface area contributed by atoms with Crippen molar-refractivity contribution in [3.05, 3.63) is 64.7 Å². The first-order valence-electron chi connectivity index (χ1n) is 6.08. The fourth-order valence-electron chi connectivity index (χ4n) is 1.92. The van der Waals surface area contributed by atoms with Crippen LogP contribution in [0.25, 0.3) is 0 Å². The number of benzene rings is 2. The number of thioether (sulfide) groups is 1. The van der Waals surface area contributed by atoms with Crippen LogP contribution in [-0.2, 0) is 5.75 Å². The van der Waals surface area contributed by atoms with E-state index in [0.717, 1.165) is 11.3 Å². The predicted molar refractivity (Wildman–Crippen MR) is 78.9 cm³/mol. The van der Waals surface area contributed by atoms with Gasteiger partial charge in [-0.05, 0) is 43.2 Å². The zero-order valence-corrected chi connectivity index (χ0v) is 11.8. The molecule has 3 heteroatoms. The molecular formula is C16H16O2S. The average molecular weight is 272 g/mol. The molecule has 0 aromatic heterocycles. The second kappa shape index (κ2) is 5.93. The molecule has 2 aromatic rings. The number of hydrogen-bond donors (Lipinski definition) is 1. The summed E-state index contributed by atoms with van der Waals surface area (Å²) >= 11 is 1.74. The Bertz CT molecular complexity index is 605. The Kier molecular flexibility index (Phi) is 4.27. The van der Waals surface area contributed by atoms with Crippen LogP contribution in [-0.4, -0.2) is 11.1 Å². The first-order valence-corrected chi connectivity index (χ1v) is 7.07. The van der Waals surface area contributed by atoms with Gasteiger partial charge in [-0.3, -0.25) is 0 Å². The predicted octanol–water partition coefficient (Wildman–Crippen LogP) is 4.29. The van der Waals surface area contributed by atoms with E-state index >= 15 is 0 Å². The summed E-state index contributed by atoms with van der Waals surface area (Å²) in [7, 11) is 0. The van der Waals surface area contributed by atoms with Gasteiger partial charge in [0.15, 0.2) is 0 Å². The van der Waals surface area contributed by atoms with Crippen molar-refractivity contribution in [2.75, 3.05) is 0 Å². The molecule has 0 amide bonds. The highest BCUT2D eigenvalue weighted by atomic mass is 32.2. The SMILES string of the molecule is Cc1ccc(SCc2cccc(C(=O)O)c2)c(C)c1. The van der Waals surface area contributed by atoms with Gasteiger partial charge in [0.1, 0.15) is 0 Å². The van der Waals surface area contributed by atoms with E-state index in [1.807, 2.05) is 6.07 Å². The highest BCUT2D eigenvalue weighted by molar-refractivity contribution is 7.98. The maximum Gasteiger partial charge on any atom is 0.335 e. The van der Waals surface area contributed by atoms with Crippen LogP contribution < -0.4 is 0 Å². The Labute approximate surface area is 117 Å². The quantitative estimate of drug-likeness (QED) is 0.843. The molecule has 0 radical (unpaired) electrons. The van der Waals surface area contributed by atoms with Crippen molar-refractivity contribution in [1.82, 2.24) is 0 Å². The number of carbonyl (C=O) groups is 1. The third kappa shape index (κ3) is 3.61. The van der Waals surface area contributed by atoms with E-state index in [4.69, 9.17) is 5.11 Å². The van der Waals surface area contributed by atoms with E-state index in [1.54, 1.807) is 30.0 Å². The molecule has 0 aliphatic rings. The van der Waals surface area contributed by atoms with Gasteiger partial charge in [-0.25, -0.2) is 4.79 Å². The van der Waals surface area contributed by atoms with Crippen LogP contribution in [0.3, 0.4) is 0 Å². The molecule has 0 spiro atoms. The van der Waals surface area contributed by atoms with Gasteiger partial charge in [0.25, 0.3) is 0 Å². The summed E-state index contributed by atoms with van der Waals surface area (Å²) in [5, 5.41) is 8.96. The van der Waals surface area contributed by atoms with E-state index in [2.05, 4.69) is 32.0 Å². The first-order chi connectivity index (χ1) is 9.06. The number of carboxylic acids is 1. The number of aromatic carboxylic acids is 1. The standard InChI is InChI=1S/C16H16O2S/c1-11-6-7-15(12(2)8-11)19-10-13-4-3-5-14(9-13)16(17)18/h3-9H,10H2,1-2H3,(H,17,18). The van der Waals surface area contributed by atoms with Gasteiger partial charge in [-0.15, -0.1) is 11.8 Å². The number of hydrogen-bond acceptors (Lipinski definition) is 2. The molecule has 2 aromatic carbocycles. The molecule has 0 saturated carbocycles. The van der Waals surface area contributed by atoms with E-state index in [-0.39, 0.29) is 0 Å². The third-order valence-electron chi connectivity index (χ3n) is 2.90. The number of aryl methyl sites for hydroxylation is 2. The minimum absolute atomic E-state index is 0.346. The van der Waals surface area contributed by atoms with Crippen LogP contribution in [0.4, 0.5) is 0 Å². The van der Waals surface area contributed by atoms with Crippen LogP contribution in [0.5, 0.6) is 0 Å². The second-order valence-corrected chi connectivity index (χ2v) is 5.58. The largest absolute Gasteiger partial charge is 0.478 e. The number of carboxylic acid groups (broad SMARTS) is 1. The van der Waals surface area contributed by atoms with Gasteiger partial charge in [-0.2, -0.15) is 0 Å². The van der Waals surface area contributed by atoms with Gasteiger partial charge in [0.05, 0.1) is 5.56 Å². The Morgan fingerprint density at radius 2 is 1.95 bits per heavy atom. The summed E-state index contributed by atoms with van der Waals surface area (Å²) in [5.74, 6) is -0.0938. The van der Waals surface area contributed by atoms with Crippen LogP contribution >= 0.6 is 11.8 Å². The summed E-state index contributed by atoms with van der Waals surface area (Å²) < 4.78 is 0. The maximum absolute atomic E-state index is 10.9. The monoisotopic (exact) mass is 272 g/mol. The Morgan fingerprint density at radius 3 is 2.63 bits per heavy atom. The van der Waals surface area contributed by atoms with Gasteiger partial charge in [-0.1, -0.05) is 29.8 Å². The lowest BCUT2D eigenvalue weighted by atomic mass is 10.1. The third-order valence-corrected chi connectivity index (χ3v) is 4.15. The molecule has 0 saturated heterocycles. The summed E-state index contributed by atoms with van der Waals surface area (Å²) in [5.41, 5.74) is 3.90. The second-order valence-electron chi connectivity index (χ2n) is 4.56. The normalized spacial score (nSPS) is 10.4. The summed E-state index contributed by atoms with van der Waals surface area (Å²) in [6, 6.07) is 13.5. The lowest BCUT2D eigenvalue weighted by molar-refractivity contribution is 0.0697. The van der Waals surface area contributed by atoms with Crippen molar-refractivity contribution in [2.45, 2.75) is 24.5 Å². The van der Waals surface area contributed by atoms with Crippen molar-refractivity contribution in [1.29, 1.82) is 0 Å². The highest BCUT2D eigenvalue weighted by Crippen LogP contribution is 2.26. The van der Waals surface area contributed by atoms with Crippen LogP contribution in [0, 0.1) is 13.8 Å². The topological polar surface area (TPSA) is 37.3 Å². The molecular weight excluding hydrogens is 256 g/mol. The average Bonchev–Trinajstić information content (AvgIpc) is 2.38. The smallest absolute Gasteiger partial charge is 0.335 e. The van der Waals surface area contributed by atoms with Crippen LogP contribution in [0.2, 0.25) is 0 Å². The molecule has 0 heterocycles. The van der Waals surface area contributed by atoms with Gasteiger partial charge < -0.3 is 5.11 Å². The van der Waals surface area contributed by atoms with Crippen molar-refractivity contribution < 1.29 is 9.90 Å². The Morgan fingerprint density at radius 1 is 1.16 bits per heavy atom. The van der Waals surface area contributed by atoms with E-state index < -0.39 is 5.97 Å². The van der Waals surface area contributed by atoms with Gasteiger partial charge >= 0.3 is 5.97 Å². The highest BCUT2D eigenvalue weighted by Gasteiger charge is 2.04. The molecule has 0 bridgehead atoms. The fraction of sp³-hybridized carbons (Fsp3) is 0.188. The Balaban J connectivity index is 2.10. The minimum Gasteiger partial charge on any atom is -0.478 e. The molecule has 0 fully saturated rings. The van der Waals surface area contributed by atoms with E-state index in [1.165, 1.54) is 16.0 Å². The zero-order valence-electron chi connectivity index (χ0n) is 11.0. The molecule has 0 unspecified atom stereocenters. The zero-order chi connectivity index (χ0) is 13.8. The van der Waals surface area contributed by atoms with Crippen molar-refractivity contribution in [2.24, 2.45) is 0 Å². The summed E-state index contributed by atoms with van der Waals surface area (Å²) in [6.45, 7) is 4.18. The lowest BCUT2D eigenvalue weighted by Crippen LogP contribution is -1.96. The van der Waals surface area contributed by atoms with Crippen LogP contribution in [0.15, 0.2) is 47.4 Å². The van der Waals surface area contributed by atoms with Gasteiger partial charge in [0, 0.05) is 10.6 Å². The molecule has 2 nitrogen and oxygen atoms in total. The fourth-order valence-corrected chi connectivity index (χ4v) is 2.87. The molecule has 2 rings (SSSR count). The maximum atomic E-state index is 10.9. The van der Waals surface area contributed by atoms with Crippen molar-refractivity contribution >= 4 is 17.7 Å². The molecule has 0 atom stereocenters. The van der Waals surface area contributed by atoms with E-state index in [9.17, 15) is 4.79 Å². The molecule has 0 aliphatic heterocycles. The molecule has 19 heavy (non-hydrogen) atoms. The van der Waals surface area contributed by atoms with Crippen LogP contribution in [0.1, 0.15) is 27.0 Å². The first kappa shape index (κ1) is 13.7. The Hall–Kier alpha value is -1.74. The van der Waals surface area contributed by atoms with Crippen molar-refractivity contribution in [3.63, 3.8) is 0 Å². The summed E-state index contributed by atoms with van der Waals surface area (Å²) in [6.07, 6.45) is 0. The van der Waals surface area contributed by atoms with Crippen molar-refractivity contribution in [3.8, 4) is 0 Å². The molecule has 98 valence electrons. The number of rotatable bonds is 4. The molecule has 1 N–H and O–H groups in total. The molecule has 0 aliphatic carbocycles.